The Bertz CT molecular complexity index is 40.0. The maximum atomic E-state index is 3.38. The minimum Gasteiger partial charge on any atom is -0.372 e. The van der Waals surface area contributed by atoms with Crippen LogP contribution in [0.15, 0.2) is 0 Å². The van der Waals surface area contributed by atoms with Gasteiger partial charge in [0.1, 0.15) is 0 Å². The Morgan fingerprint density at radius 1 is 0.353 bits per heavy atom. The van der Waals surface area contributed by atoms with E-state index in [1.807, 2.05) is 40.5 Å². The average molecular weight is 1160 g/mol. The molecular formula is C25H59Y9-12. The summed E-state index contributed by atoms with van der Waals surface area (Å²) in [6.45, 7) is 43.2. The van der Waals surface area contributed by atoms with Crippen LogP contribution in [0.25, 0.3) is 0 Å². The monoisotopic (exact) mass is 1160 g/mol. The minimum absolute atomic E-state index is 0. The Hall–Kier alpha value is 9.94. The van der Waals surface area contributed by atoms with Crippen molar-refractivity contribution >= 4 is 0 Å². The van der Waals surface area contributed by atoms with E-state index in [1.54, 1.807) is 20.8 Å². The summed E-state index contributed by atoms with van der Waals surface area (Å²) in [4.78, 5) is 0. The molecule has 0 aliphatic rings. The van der Waals surface area contributed by atoms with Crippen LogP contribution in [0.5, 0.6) is 0 Å². The molecule has 0 saturated carbocycles. The molecule has 0 nitrogen and oxygen atoms in total. The fourth-order valence-electron chi connectivity index (χ4n) is 0. The van der Waals surface area contributed by atoms with E-state index >= 15 is 0 Å². The van der Waals surface area contributed by atoms with Crippen molar-refractivity contribution in [3.05, 3.63) is 105 Å². The molecule has 0 saturated heterocycles. The van der Waals surface area contributed by atoms with E-state index in [4.69, 9.17) is 0 Å². The van der Waals surface area contributed by atoms with Gasteiger partial charge in [-0.05, 0) is 0 Å². The van der Waals surface area contributed by atoms with Gasteiger partial charge in [0, 0.05) is 262 Å². The molecule has 8 radical (unpaired) electrons. The van der Waals surface area contributed by atoms with E-state index < -0.39 is 0 Å². The molecule has 0 fully saturated rings. The predicted octanol–water partition coefficient (Wildman–Crippen LogP) is 9.89. The molecule has 0 rings (SSSR count). The summed E-state index contributed by atoms with van der Waals surface area (Å²) in [7, 11) is 0. The fraction of sp³-hybridized carbons (Fsp3) is 0.400. The Kier molecular flexibility index (Phi) is 1530. The third-order valence-electron chi connectivity index (χ3n) is 0. The summed E-state index contributed by atoms with van der Waals surface area (Å²) in [5.74, 6) is 0. The maximum absolute atomic E-state index is 3.38. The van der Waals surface area contributed by atoms with Gasteiger partial charge >= 0.3 is 32.7 Å². The second-order valence-corrected chi connectivity index (χ2v) is 2.22. The summed E-state index contributed by atoms with van der Waals surface area (Å²) >= 11 is 0. The van der Waals surface area contributed by atoms with Gasteiger partial charge in [-0.1, -0.05) is 0 Å². The van der Waals surface area contributed by atoms with E-state index in [-0.39, 0.29) is 324 Å². The first-order valence-electron chi connectivity index (χ1n) is 7.43. The third kappa shape index (κ3) is 712. The molecule has 0 aliphatic carbocycles. The summed E-state index contributed by atoms with van der Waals surface area (Å²) in [5, 5.41) is 0. The molecule has 0 aromatic rings. The summed E-state index contributed by atoms with van der Waals surface area (Å²) < 4.78 is 0. The Morgan fingerprint density at radius 3 is 0.353 bits per heavy atom. The molecule has 0 atom stereocenters. The largest absolute Gasteiger partial charge is 3.00 e. The summed E-state index contributed by atoms with van der Waals surface area (Å²) in [6.07, 6.45) is 6.25. The van der Waals surface area contributed by atoms with Gasteiger partial charge in [0.15, 0.2) is 0 Å². The van der Waals surface area contributed by atoms with E-state index in [0.29, 0.717) is 0 Å². The summed E-state index contributed by atoms with van der Waals surface area (Å²) in [6, 6.07) is 0. The normalized spacial score (nSPS) is 3.18. The molecule has 9 heteroatoms. The van der Waals surface area contributed by atoms with Gasteiger partial charge < -0.3 is 124 Å². The second-order valence-electron chi connectivity index (χ2n) is 2.22. The number of rotatable bonds is 0. The maximum Gasteiger partial charge on any atom is 3.00 e. The van der Waals surface area contributed by atoms with Crippen LogP contribution in [0.4, 0.5) is 0 Å². The minimum atomic E-state index is 0. The smallest absolute Gasteiger partial charge is 0.372 e. The Balaban J connectivity index is -0.00000000285. The SMILES string of the molecule is C[CH-]C.C[CH-]C.[CH2-]C.[CH2-]C.[CH2-]C.[CH2-]C[CH2-].[CH2-]C[CH2-].[CH2-]C[CH2-].[CH3-].[CH3-].[CH3-].[CH3-].[Y+3].[Y].[Y].[Y].[Y].[Y].[Y].[Y].[Y]. The molecule has 34 heavy (non-hydrogen) atoms. The van der Waals surface area contributed by atoms with Crippen LogP contribution in [0.3, 0.4) is 0 Å². The molecule has 0 N–H and O–H groups in total. The zero-order chi connectivity index (χ0) is 19.5. The fourth-order valence-corrected chi connectivity index (χ4v) is 0. The van der Waals surface area contributed by atoms with Gasteiger partial charge in [-0.25, -0.2) is 0 Å². The zero-order valence-electron chi connectivity index (χ0n) is 25.8. The molecule has 0 heterocycles. The topological polar surface area (TPSA) is 0 Å². The van der Waals surface area contributed by atoms with Crippen molar-refractivity contribution in [3.8, 4) is 0 Å². The first-order chi connectivity index (χ1) is 10.1. The van der Waals surface area contributed by atoms with Crippen LogP contribution < -0.4 is 0 Å². The van der Waals surface area contributed by atoms with Crippen LogP contribution in [-0.2, 0) is 294 Å². The average Bonchev–Trinajstić information content (AvgIpc) is 2.49. The van der Waals surface area contributed by atoms with Crippen molar-refractivity contribution in [2.75, 3.05) is 0 Å². The Labute approximate surface area is 455 Å². The first-order valence-corrected chi connectivity index (χ1v) is 7.43. The van der Waals surface area contributed by atoms with Gasteiger partial charge in [0.05, 0.1) is 0 Å². The summed E-state index contributed by atoms with van der Waals surface area (Å²) in [5.41, 5.74) is 0. The molecule has 0 unspecified atom stereocenters. The van der Waals surface area contributed by atoms with Gasteiger partial charge in [0.2, 0.25) is 0 Å². The van der Waals surface area contributed by atoms with E-state index in [1.165, 1.54) is 0 Å². The van der Waals surface area contributed by atoms with Crippen molar-refractivity contribution in [2.24, 2.45) is 0 Å². The van der Waals surface area contributed by atoms with Crippen molar-refractivity contribution in [1.82, 2.24) is 0 Å². The van der Waals surface area contributed by atoms with E-state index in [2.05, 4.69) is 62.3 Å². The Morgan fingerprint density at radius 2 is 0.353 bits per heavy atom. The second kappa shape index (κ2) is 338. The first kappa shape index (κ1) is 154. The molecule has 0 spiro atoms. The molecule has 0 bridgehead atoms. The quantitative estimate of drug-likeness (QED) is 0.212. The van der Waals surface area contributed by atoms with Crippen molar-refractivity contribution in [3.63, 3.8) is 0 Å². The van der Waals surface area contributed by atoms with Crippen molar-refractivity contribution in [2.45, 2.75) is 67.7 Å². The number of hydrogen-bond donors (Lipinski definition) is 0. The van der Waals surface area contributed by atoms with Crippen LogP contribution in [-0.4, -0.2) is 0 Å². The van der Waals surface area contributed by atoms with Crippen LogP contribution in [0.2, 0.25) is 0 Å². The van der Waals surface area contributed by atoms with Crippen molar-refractivity contribution in [1.29, 1.82) is 0 Å². The standard InChI is InChI=1S/2C3H7.3C3H6.3C2H5.4CH3.9Y/c5*1-3-2;3*1-2;;;;;;;;;;;;;/h2*3H,1-2H3;3*1-3H2;3*1H2,2H3;4*1H3;;;;;;;;;/q2*-1;3*-2;7*-1;;;;;;;;;+3. The molecule has 0 aromatic heterocycles. The van der Waals surface area contributed by atoms with Gasteiger partial charge in [-0.3, -0.25) is 0 Å². The molecule has 0 amide bonds. The van der Waals surface area contributed by atoms with Gasteiger partial charge in [-0.15, -0.1) is 0 Å². The molecule has 198 valence electrons. The third-order valence-corrected chi connectivity index (χ3v) is 0. The van der Waals surface area contributed by atoms with Crippen molar-refractivity contribution < 1.29 is 294 Å². The number of hydrogen-bond acceptors (Lipinski definition) is 0. The van der Waals surface area contributed by atoms with Gasteiger partial charge in [0.25, 0.3) is 0 Å². The zero-order valence-corrected chi connectivity index (χ0v) is 51.4. The van der Waals surface area contributed by atoms with Crippen LogP contribution >= 0.6 is 0 Å². The van der Waals surface area contributed by atoms with E-state index in [0.717, 1.165) is 19.3 Å². The van der Waals surface area contributed by atoms with Crippen LogP contribution in [0, 0.1) is 105 Å². The van der Waals surface area contributed by atoms with E-state index in [9.17, 15) is 0 Å². The van der Waals surface area contributed by atoms with Crippen LogP contribution in [0.1, 0.15) is 67.7 Å². The van der Waals surface area contributed by atoms with Gasteiger partial charge in [-0.2, -0.15) is 48.5 Å². The predicted molar refractivity (Wildman–Crippen MR) is 136 cm³/mol. The molecule has 0 aromatic carbocycles. The molecular weight excluding hydrogens is 1100 g/mol. The molecule has 0 aliphatic heterocycles.